The van der Waals surface area contributed by atoms with E-state index >= 15 is 0 Å². The van der Waals surface area contributed by atoms with E-state index in [-0.39, 0.29) is 9.79 Å². The summed E-state index contributed by atoms with van der Waals surface area (Å²) >= 11 is 0. The van der Waals surface area contributed by atoms with Crippen LogP contribution in [0.15, 0.2) is 106 Å². The first-order valence-electron chi connectivity index (χ1n) is 9.86. The number of sulfonamides is 1. The molecule has 0 bridgehead atoms. The van der Waals surface area contributed by atoms with Crippen molar-refractivity contribution in [2.45, 2.75) is 34.9 Å². The normalized spacial score (nSPS) is 19.3. The van der Waals surface area contributed by atoms with Crippen LogP contribution in [0.1, 0.15) is 24.1 Å². The number of nitrogens with zero attached hydrogens (tertiary/aromatic N) is 1. The molecular formula is C24H23NO4S2. The quantitative estimate of drug-likeness (QED) is 0.571. The van der Waals surface area contributed by atoms with Gasteiger partial charge in [-0.05, 0) is 48.7 Å². The minimum Gasteiger partial charge on any atom is -0.264 e. The molecule has 0 saturated carbocycles. The fourth-order valence-corrected chi connectivity index (χ4v) is 7.94. The summed E-state index contributed by atoms with van der Waals surface area (Å²) in [6, 6.07) is 22.9. The first-order chi connectivity index (χ1) is 14.7. The van der Waals surface area contributed by atoms with Crippen LogP contribution in [0, 0.1) is 6.92 Å². The van der Waals surface area contributed by atoms with Crippen LogP contribution >= 0.6 is 0 Å². The summed E-state index contributed by atoms with van der Waals surface area (Å²) < 4.78 is 55.9. The fourth-order valence-electron chi connectivity index (χ4n) is 4.06. The van der Waals surface area contributed by atoms with Gasteiger partial charge in [0.05, 0.1) is 15.8 Å². The van der Waals surface area contributed by atoms with Crippen LogP contribution in [0.5, 0.6) is 0 Å². The molecule has 0 aromatic heterocycles. The Labute approximate surface area is 183 Å². The molecule has 0 fully saturated rings. The topological polar surface area (TPSA) is 71.5 Å². The second-order valence-corrected chi connectivity index (χ2v) is 11.5. The van der Waals surface area contributed by atoms with Crippen molar-refractivity contribution in [2.24, 2.45) is 0 Å². The Morgan fingerprint density at radius 2 is 1.26 bits per heavy atom. The number of hydrogen-bond acceptors (Lipinski definition) is 4. The minimum atomic E-state index is -3.98. The summed E-state index contributed by atoms with van der Waals surface area (Å²) in [4.78, 5) is 0.335. The van der Waals surface area contributed by atoms with Crippen LogP contribution in [0.3, 0.4) is 0 Å². The maximum atomic E-state index is 13.7. The largest absolute Gasteiger partial charge is 0.264 e. The monoisotopic (exact) mass is 453 g/mol. The van der Waals surface area contributed by atoms with Crippen LogP contribution in [0.25, 0.3) is 0 Å². The molecule has 3 aromatic rings. The second kappa shape index (κ2) is 7.98. The highest BCUT2D eigenvalue weighted by Gasteiger charge is 2.48. The lowest BCUT2D eigenvalue weighted by molar-refractivity contribution is 0.429. The third kappa shape index (κ3) is 3.68. The summed E-state index contributed by atoms with van der Waals surface area (Å²) in [5.74, 6) is 0. The van der Waals surface area contributed by atoms with E-state index < -0.39 is 31.2 Å². The van der Waals surface area contributed by atoms with Gasteiger partial charge in [0.15, 0.2) is 9.84 Å². The zero-order chi connectivity index (χ0) is 22.2. The first-order valence-corrected chi connectivity index (χ1v) is 12.8. The Morgan fingerprint density at radius 3 is 1.87 bits per heavy atom. The molecular weight excluding hydrogens is 430 g/mol. The van der Waals surface area contributed by atoms with Crippen LogP contribution in [0.4, 0.5) is 0 Å². The highest BCUT2D eigenvalue weighted by molar-refractivity contribution is 7.92. The molecule has 2 atom stereocenters. The highest BCUT2D eigenvalue weighted by Crippen LogP contribution is 2.44. The Morgan fingerprint density at radius 1 is 0.710 bits per heavy atom. The van der Waals surface area contributed by atoms with Crippen LogP contribution in [0.2, 0.25) is 0 Å². The Kier molecular flexibility index (Phi) is 5.49. The number of aryl methyl sites for hydroxylation is 1. The van der Waals surface area contributed by atoms with Gasteiger partial charge in [-0.3, -0.25) is 4.31 Å². The average molecular weight is 454 g/mol. The van der Waals surface area contributed by atoms with Gasteiger partial charge < -0.3 is 0 Å². The summed E-state index contributed by atoms with van der Waals surface area (Å²) in [7, 11) is -7.83. The van der Waals surface area contributed by atoms with E-state index in [4.69, 9.17) is 0 Å². The van der Waals surface area contributed by atoms with Crippen molar-refractivity contribution in [1.82, 2.24) is 4.31 Å². The zero-order valence-electron chi connectivity index (χ0n) is 17.2. The summed E-state index contributed by atoms with van der Waals surface area (Å²) in [5.41, 5.74) is 1.71. The minimum absolute atomic E-state index is 0.165. The van der Waals surface area contributed by atoms with Crippen molar-refractivity contribution in [3.8, 4) is 0 Å². The van der Waals surface area contributed by atoms with Gasteiger partial charge in [-0.1, -0.05) is 66.7 Å². The van der Waals surface area contributed by atoms with Gasteiger partial charge in [-0.15, -0.1) is 0 Å². The third-order valence-electron chi connectivity index (χ3n) is 5.54. The van der Waals surface area contributed by atoms with E-state index in [1.807, 2.05) is 6.07 Å². The summed E-state index contributed by atoms with van der Waals surface area (Å²) in [6.45, 7) is 3.41. The molecule has 0 saturated heterocycles. The molecule has 1 aliphatic rings. The van der Waals surface area contributed by atoms with Crippen LogP contribution < -0.4 is 0 Å². The van der Waals surface area contributed by atoms with Gasteiger partial charge >= 0.3 is 0 Å². The number of rotatable bonds is 5. The van der Waals surface area contributed by atoms with Gasteiger partial charge in [0.25, 0.3) is 10.0 Å². The Bertz CT molecular complexity index is 1330. The lowest BCUT2D eigenvalue weighted by Gasteiger charge is -2.30. The molecule has 160 valence electrons. The van der Waals surface area contributed by atoms with Crippen LogP contribution in [-0.4, -0.2) is 26.4 Å². The Hall–Kier alpha value is -2.90. The molecule has 0 amide bonds. The van der Waals surface area contributed by atoms with Crippen molar-refractivity contribution >= 4 is 19.9 Å². The van der Waals surface area contributed by atoms with E-state index in [0.29, 0.717) is 16.7 Å². The zero-order valence-corrected chi connectivity index (χ0v) is 18.8. The predicted molar refractivity (Wildman–Crippen MR) is 121 cm³/mol. The van der Waals surface area contributed by atoms with Gasteiger partial charge in [0, 0.05) is 6.20 Å². The lowest BCUT2D eigenvalue weighted by atomic mass is 10.0. The average Bonchev–Trinajstić information content (AvgIpc) is 3.14. The van der Waals surface area contributed by atoms with E-state index in [0.717, 1.165) is 0 Å². The maximum Gasteiger partial charge on any atom is 0.264 e. The van der Waals surface area contributed by atoms with Gasteiger partial charge in [-0.25, -0.2) is 16.8 Å². The molecule has 5 nitrogen and oxygen atoms in total. The SMILES string of the molecule is CC1=CN(S(=O)(=O)c2ccccc2C)[C@H](c2ccccc2)[C@@H]1S(=O)(=O)c1ccccc1. The van der Waals surface area contributed by atoms with Crippen molar-refractivity contribution in [3.63, 3.8) is 0 Å². The first kappa shape index (κ1) is 21.3. The fraction of sp³-hybridized carbons (Fsp3) is 0.167. The highest BCUT2D eigenvalue weighted by atomic mass is 32.2. The molecule has 7 heteroatoms. The number of sulfone groups is 1. The number of hydrogen-bond donors (Lipinski definition) is 0. The molecule has 0 unspecified atom stereocenters. The lowest BCUT2D eigenvalue weighted by Crippen LogP contribution is -2.36. The molecule has 0 aliphatic carbocycles. The van der Waals surface area contributed by atoms with E-state index in [1.54, 1.807) is 92.7 Å². The molecule has 0 radical (unpaired) electrons. The van der Waals surface area contributed by atoms with Gasteiger partial charge in [-0.2, -0.15) is 0 Å². The number of benzene rings is 3. The molecule has 3 aromatic carbocycles. The van der Waals surface area contributed by atoms with Gasteiger partial charge in [0.2, 0.25) is 0 Å². The molecule has 31 heavy (non-hydrogen) atoms. The standard InChI is InChI=1S/C24H23NO4S2/c1-18-11-9-10-16-22(18)31(28,29)25-17-19(2)24(23(25)20-12-5-3-6-13-20)30(26,27)21-14-7-4-8-15-21/h3-17,23-24H,1-2H3/t23-,24-/m1/s1. The van der Waals surface area contributed by atoms with Crippen LogP contribution in [-0.2, 0) is 19.9 Å². The van der Waals surface area contributed by atoms with Gasteiger partial charge in [0.1, 0.15) is 5.25 Å². The van der Waals surface area contributed by atoms with Crippen molar-refractivity contribution in [3.05, 3.63) is 108 Å². The molecule has 0 N–H and O–H groups in total. The van der Waals surface area contributed by atoms with E-state index in [2.05, 4.69) is 0 Å². The van der Waals surface area contributed by atoms with E-state index in [1.165, 1.54) is 10.5 Å². The predicted octanol–water partition coefficient (Wildman–Crippen LogP) is 4.49. The smallest absolute Gasteiger partial charge is 0.264 e. The maximum absolute atomic E-state index is 13.7. The molecule has 4 rings (SSSR count). The van der Waals surface area contributed by atoms with Crippen molar-refractivity contribution in [1.29, 1.82) is 0 Å². The Balaban J connectivity index is 1.91. The third-order valence-corrected chi connectivity index (χ3v) is 9.67. The van der Waals surface area contributed by atoms with Crippen molar-refractivity contribution in [2.75, 3.05) is 0 Å². The van der Waals surface area contributed by atoms with Crippen molar-refractivity contribution < 1.29 is 16.8 Å². The summed E-state index contributed by atoms with van der Waals surface area (Å²) in [5, 5.41) is -1.03. The summed E-state index contributed by atoms with van der Waals surface area (Å²) in [6.07, 6.45) is 1.46. The van der Waals surface area contributed by atoms with E-state index in [9.17, 15) is 16.8 Å². The molecule has 1 aliphatic heterocycles. The second-order valence-electron chi connectivity index (χ2n) is 7.61. The molecule has 1 heterocycles. The molecule has 0 spiro atoms.